The number of furan rings is 1. The first kappa shape index (κ1) is 11.4. The highest BCUT2D eigenvalue weighted by atomic mass is 16.5. The normalized spacial score (nSPS) is 16.6. The molecule has 1 unspecified atom stereocenters. The van der Waals surface area contributed by atoms with Crippen LogP contribution in [0.1, 0.15) is 35.8 Å². The molecule has 1 N–H and O–H groups in total. The summed E-state index contributed by atoms with van der Waals surface area (Å²) in [6.45, 7) is 1.86. The number of rotatable bonds is 4. The highest BCUT2D eigenvalue weighted by molar-refractivity contribution is 5.33. The molecule has 0 saturated heterocycles. The smallest absolute Gasteiger partial charge is 0.119 e. The van der Waals surface area contributed by atoms with Crippen LogP contribution in [-0.4, -0.2) is 11.2 Å². The average Bonchev–Trinajstić information content (AvgIpc) is 3.09. The van der Waals surface area contributed by atoms with Crippen LogP contribution in [0.4, 0.5) is 0 Å². The fraction of sp³-hybridized carbons (Fsp3) is 0.333. The van der Waals surface area contributed by atoms with Crippen molar-refractivity contribution in [2.24, 2.45) is 0 Å². The Hall–Kier alpha value is -1.74. The molecule has 18 heavy (non-hydrogen) atoms. The first-order chi connectivity index (χ1) is 8.72. The molecule has 3 heteroatoms. The fourth-order valence-corrected chi connectivity index (χ4v) is 1.91. The van der Waals surface area contributed by atoms with E-state index in [1.807, 2.05) is 37.3 Å². The zero-order chi connectivity index (χ0) is 12.5. The molecule has 1 fully saturated rings. The van der Waals surface area contributed by atoms with E-state index in [-0.39, 0.29) is 0 Å². The molecular formula is C15H16O3. The highest BCUT2D eigenvalue weighted by Gasteiger charge is 2.23. The zero-order valence-electron chi connectivity index (χ0n) is 10.3. The van der Waals surface area contributed by atoms with Crippen molar-refractivity contribution in [2.45, 2.75) is 32.0 Å². The monoisotopic (exact) mass is 244 g/mol. The van der Waals surface area contributed by atoms with Gasteiger partial charge in [0.25, 0.3) is 0 Å². The van der Waals surface area contributed by atoms with E-state index >= 15 is 0 Å². The van der Waals surface area contributed by atoms with Gasteiger partial charge in [-0.3, -0.25) is 0 Å². The van der Waals surface area contributed by atoms with Gasteiger partial charge in [0.1, 0.15) is 17.6 Å². The summed E-state index contributed by atoms with van der Waals surface area (Å²) in [7, 11) is 0. The highest BCUT2D eigenvalue weighted by Crippen LogP contribution is 2.29. The van der Waals surface area contributed by atoms with Gasteiger partial charge < -0.3 is 14.3 Å². The zero-order valence-corrected chi connectivity index (χ0v) is 10.3. The van der Waals surface area contributed by atoms with Crippen LogP contribution in [-0.2, 0) is 0 Å². The molecule has 1 aliphatic rings. The second-order valence-electron chi connectivity index (χ2n) is 4.78. The molecule has 1 aromatic carbocycles. The molecular weight excluding hydrogens is 228 g/mol. The first-order valence-corrected chi connectivity index (χ1v) is 6.22. The lowest BCUT2D eigenvalue weighted by Crippen LogP contribution is -1.99. The lowest BCUT2D eigenvalue weighted by Gasteiger charge is -2.10. The Morgan fingerprint density at radius 2 is 1.94 bits per heavy atom. The Kier molecular flexibility index (Phi) is 2.84. The van der Waals surface area contributed by atoms with Gasteiger partial charge in [-0.05, 0) is 43.5 Å². The second kappa shape index (κ2) is 4.50. The summed E-state index contributed by atoms with van der Waals surface area (Å²) in [4.78, 5) is 0. The van der Waals surface area contributed by atoms with Crippen LogP contribution in [0, 0.1) is 6.92 Å². The van der Waals surface area contributed by atoms with E-state index in [0.29, 0.717) is 6.10 Å². The molecule has 0 bridgehead atoms. The van der Waals surface area contributed by atoms with Crippen molar-refractivity contribution in [1.82, 2.24) is 0 Å². The number of aryl methyl sites for hydroxylation is 1. The van der Waals surface area contributed by atoms with Crippen LogP contribution >= 0.6 is 0 Å². The Morgan fingerprint density at radius 3 is 2.50 bits per heavy atom. The Bertz CT molecular complexity index is 523. The summed E-state index contributed by atoms with van der Waals surface area (Å²) in [5, 5.41) is 10.2. The number of benzene rings is 1. The number of aliphatic hydroxyl groups is 1. The molecule has 0 spiro atoms. The molecule has 0 aliphatic heterocycles. The van der Waals surface area contributed by atoms with Gasteiger partial charge >= 0.3 is 0 Å². The van der Waals surface area contributed by atoms with Crippen LogP contribution in [0.3, 0.4) is 0 Å². The molecule has 3 nitrogen and oxygen atoms in total. The third-order valence-corrected chi connectivity index (χ3v) is 3.09. The van der Waals surface area contributed by atoms with Crippen molar-refractivity contribution < 1.29 is 14.3 Å². The molecule has 1 saturated carbocycles. The third-order valence-electron chi connectivity index (χ3n) is 3.09. The third kappa shape index (κ3) is 2.41. The van der Waals surface area contributed by atoms with Gasteiger partial charge in [0, 0.05) is 5.56 Å². The van der Waals surface area contributed by atoms with Gasteiger partial charge in [-0.1, -0.05) is 12.1 Å². The topological polar surface area (TPSA) is 42.6 Å². The van der Waals surface area contributed by atoms with Gasteiger partial charge in [0.2, 0.25) is 0 Å². The number of hydrogen-bond acceptors (Lipinski definition) is 3. The van der Waals surface area contributed by atoms with E-state index in [2.05, 4.69) is 0 Å². The number of ether oxygens (including phenoxy) is 1. The van der Waals surface area contributed by atoms with Crippen LogP contribution in [0.5, 0.6) is 5.75 Å². The van der Waals surface area contributed by atoms with E-state index < -0.39 is 6.10 Å². The minimum absolute atomic E-state index is 0.400. The van der Waals surface area contributed by atoms with Gasteiger partial charge in [-0.25, -0.2) is 0 Å². The average molecular weight is 244 g/mol. The Morgan fingerprint density at radius 1 is 1.22 bits per heavy atom. The minimum Gasteiger partial charge on any atom is -0.490 e. The van der Waals surface area contributed by atoms with Crippen LogP contribution in [0.2, 0.25) is 0 Å². The maximum absolute atomic E-state index is 10.2. The van der Waals surface area contributed by atoms with Gasteiger partial charge in [-0.2, -0.15) is 0 Å². The predicted octanol–water partition coefficient (Wildman–Crippen LogP) is 3.21. The maximum Gasteiger partial charge on any atom is 0.119 e. The second-order valence-corrected chi connectivity index (χ2v) is 4.78. The van der Waals surface area contributed by atoms with Crippen molar-refractivity contribution >= 4 is 0 Å². The molecule has 2 aromatic rings. The number of hydrogen-bond donors (Lipinski definition) is 1. The summed E-state index contributed by atoms with van der Waals surface area (Å²) in [6.07, 6.45) is 3.65. The van der Waals surface area contributed by atoms with Crippen molar-refractivity contribution in [3.05, 3.63) is 53.5 Å². The molecule has 94 valence electrons. The molecule has 3 rings (SSSR count). The number of aliphatic hydroxyl groups excluding tert-OH is 1. The maximum atomic E-state index is 10.2. The van der Waals surface area contributed by atoms with E-state index in [9.17, 15) is 5.11 Å². The minimum atomic E-state index is -0.641. The Labute approximate surface area is 106 Å². The summed E-state index contributed by atoms with van der Waals surface area (Å²) in [6, 6.07) is 9.45. The fourth-order valence-electron chi connectivity index (χ4n) is 1.91. The van der Waals surface area contributed by atoms with Gasteiger partial charge in [-0.15, -0.1) is 0 Å². The molecule has 1 aromatic heterocycles. The Balaban J connectivity index is 1.74. The molecule has 1 heterocycles. The van der Waals surface area contributed by atoms with Crippen molar-refractivity contribution in [1.29, 1.82) is 0 Å². The van der Waals surface area contributed by atoms with Crippen LogP contribution in [0.25, 0.3) is 0 Å². The van der Waals surface area contributed by atoms with E-state index in [1.165, 1.54) is 0 Å². The summed E-state index contributed by atoms with van der Waals surface area (Å²) in [5.41, 5.74) is 1.63. The van der Waals surface area contributed by atoms with Gasteiger partial charge in [0.05, 0.1) is 12.4 Å². The largest absolute Gasteiger partial charge is 0.490 e. The van der Waals surface area contributed by atoms with Gasteiger partial charge in [0.15, 0.2) is 0 Å². The lowest BCUT2D eigenvalue weighted by molar-refractivity contribution is 0.219. The summed E-state index contributed by atoms with van der Waals surface area (Å²) in [5.74, 6) is 1.68. The molecule has 0 radical (unpaired) electrons. The quantitative estimate of drug-likeness (QED) is 0.898. The van der Waals surface area contributed by atoms with E-state index in [4.69, 9.17) is 9.15 Å². The van der Waals surface area contributed by atoms with Crippen molar-refractivity contribution in [3.63, 3.8) is 0 Å². The summed E-state index contributed by atoms with van der Waals surface area (Å²) >= 11 is 0. The van der Waals surface area contributed by atoms with E-state index in [0.717, 1.165) is 35.5 Å². The SMILES string of the molecule is Cc1cc(C(O)c2ccc(OC3CC3)cc2)co1. The predicted molar refractivity (Wildman–Crippen MR) is 67.6 cm³/mol. The van der Waals surface area contributed by atoms with Crippen molar-refractivity contribution in [3.8, 4) is 5.75 Å². The van der Waals surface area contributed by atoms with Crippen LogP contribution in [0.15, 0.2) is 41.0 Å². The standard InChI is InChI=1S/C15H16O3/c1-10-8-12(9-17-10)15(16)11-2-4-13(5-3-11)18-14-6-7-14/h2-5,8-9,14-16H,6-7H2,1H3. The first-order valence-electron chi connectivity index (χ1n) is 6.22. The van der Waals surface area contributed by atoms with E-state index in [1.54, 1.807) is 6.26 Å². The molecule has 1 atom stereocenters. The van der Waals surface area contributed by atoms with Crippen LogP contribution < -0.4 is 4.74 Å². The van der Waals surface area contributed by atoms with Crippen molar-refractivity contribution in [2.75, 3.05) is 0 Å². The molecule has 0 amide bonds. The lowest BCUT2D eigenvalue weighted by atomic mass is 10.0. The molecule has 1 aliphatic carbocycles. The summed E-state index contributed by atoms with van der Waals surface area (Å²) < 4.78 is 10.9.